The van der Waals surface area contributed by atoms with Gasteiger partial charge in [-0.25, -0.2) is 0 Å². The van der Waals surface area contributed by atoms with Crippen molar-refractivity contribution < 1.29 is 4.43 Å². The van der Waals surface area contributed by atoms with Crippen LogP contribution in [0.15, 0.2) is 12.2 Å². The van der Waals surface area contributed by atoms with Gasteiger partial charge in [0.15, 0.2) is 0 Å². The molecule has 0 spiro atoms. The molecule has 10 heavy (non-hydrogen) atoms. The van der Waals surface area contributed by atoms with Crippen molar-refractivity contribution in [2.75, 3.05) is 6.61 Å². The maximum atomic E-state index is 5.04. The molecule has 60 valence electrons. The third-order valence-corrected chi connectivity index (χ3v) is 1.79. The second kappa shape index (κ2) is 8.92. The Balaban J connectivity index is 2.89. The van der Waals surface area contributed by atoms with E-state index in [1.54, 1.807) is 0 Å². The van der Waals surface area contributed by atoms with Gasteiger partial charge in [-0.3, -0.25) is 0 Å². The molecule has 0 heterocycles. The molecule has 0 aromatic rings. The van der Waals surface area contributed by atoms with E-state index in [2.05, 4.69) is 19.1 Å². The Morgan fingerprint density at radius 2 is 2.00 bits per heavy atom. The Kier molecular flexibility index (Phi) is 8.84. The fourth-order valence-corrected chi connectivity index (χ4v) is 0.979. The highest BCUT2D eigenvalue weighted by atomic mass is 28.2. The van der Waals surface area contributed by atoms with Crippen LogP contribution in [0.1, 0.15) is 32.6 Å². The molecule has 0 aliphatic rings. The van der Waals surface area contributed by atoms with E-state index < -0.39 is 0 Å². The molecule has 0 atom stereocenters. The molecule has 0 fully saturated rings. The van der Waals surface area contributed by atoms with Crippen molar-refractivity contribution >= 4 is 10.5 Å². The van der Waals surface area contributed by atoms with Gasteiger partial charge in [0.2, 0.25) is 0 Å². The quantitative estimate of drug-likeness (QED) is 0.323. The Hall–Kier alpha value is -0.0831. The third kappa shape index (κ3) is 7.92. The molecular formula is C8H18OSi. The summed E-state index contributed by atoms with van der Waals surface area (Å²) in [4.78, 5) is 0. The zero-order chi connectivity index (χ0) is 7.66. The third-order valence-electron chi connectivity index (χ3n) is 1.38. The molecule has 0 aliphatic carbocycles. The van der Waals surface area contributed by atoms with E-state index in [9.17, 15) is 0 Å². The van der Waals surface area contributed by atoms with Crippen LogP contribution in [0, 0.1) is 0 Å². The van der Waals surface area contributed by atoms with E-state index in [4.69, 9.17) is 4.43 Å². The van der Waals surface area contributed by atoms with E-state index in [0.29, 0.717) is 0 Å². The van der Waals surface area contributed by atoms with E-state index >= 15 is 0 Å². The Labute approximate surface area is 67.0 Å². The average Bonchev–Trinajstić information content (AvgIpc) is 1.97. The fourth-order valence-electron chi connectivity index (χ4n) is 0.744. The molecule has 2 heteroatoms. The zero-order valence-electron chi connectivity index (χ0n) is 7.10. The number of allylic oxidation sites excluding steroid dienone is 1. The van der Waals surface area contributed by atoms with Crippen molar-refractivity contribution in [2.45, 2.75) is 32.6 Å². The van der Waals surface area contributed by atoms with E-state index in [-0.39, 0.29) is 0 Å². The maximum Gasteiger partial charge on any atom is 0.145 e. The minimum absolute atomic E-state index is 0.875. The van der Waals surface area contributed by atoms with Gasteiger partial charge in [-0.1, -0.05) is 31.9 Å². The van der Waals surface area contributed by atoms with Crippen molar-refractivity contribution in [3.05, 3.63) is 12.2 Å². The fraction of sp³-hybridized carbons (Fsp3) is 0.750. The summed E-state index contributed by atoms with van der Waals surface area (Å²) in [7, 11) is 0.875. The lowest BCUT2D eigenvalue weighted by Crippen LogP contribution is -1.85. The Morgan fingerprint density at radius 1 is 1.30 bits per heavy atom. The van der Waals surface area contributed by atoms with Gasteiger partial charge in [0.25, 0.3) is 0 Å². The summed E-state index contributed by atoms with van der Waals surface area (Å²) < 4.78 is 5.04. The average molecular weight is 158 g/mol. The number of hydrogen-bond donors (Lipinski definition) is 0. The van der Waals surface area contributed by atoms with E-state index in [1.807, 2.05) is 0 Å². The highest BCUT2D eigenvalue weighted by Gasteiger charge is 1.78. The molecule has 0 aliphatic heterocycles. The van der Waals surface area contributed by atoms with Gasteiger partial charge in [0.1, 0.15) is 10.5 Å². The van der Waals surface area contributed by atoms with Crippen LogP contribution in [0.2, 0.25) is 0 Å². The largest absolute Gasteiger partial charge is 0.428 e. The van der Waals surface area contributed by atoms with Crippen LogP contribution in [0.4, 0.5) is 0 Å². The summed E-state index contributed by atoms with van der Waals surface area (Å²) in [5.41, 5.74) is 0. The van der Waals surface area contributed by atoms with Crippen molar-refractivity contribution in [1.82, 2.24) is 0 Å². The molecule has 0 saturated heterocycles. The molecule has 0 unspecified atom stereocenters. The monoisotopic (exact) mass is 158 g/mol. The van der Waals surface area contributed by atoms with Crippen molar-refractivity contribution in [1.29, 1.82) is 0 Å². The lowest BCUT2D eigenvalue weighted by Gasteiger charge is -1.91. The van der Waals surface area contributed by atoms with Crippen LogP contribution in [0.25, 0.3) is 0 Å². The highest BCUT2D eigenvalue weighted by molar-refractivity contribution is 5.97. The standard InChI is InChI=1S/C8H18OSi/c1-2-3-4-5-6-7-8-9-10/h5-6H,2-4,7-8H2,1,10H3. The molecule has 0 radical (unpaired) electrons. The lowest BCUT2D eigenvalue weighted by atomic mass is 10.2. The van der Waals surface area contributed by atoms with Crippen LogP contribution >= 0.6 is 0 Å². The summed E-state index contributed by atoms with van der Waals surface area (Å²) in [6, 6.07) is 0. The van der Waals surface area contributed by atoms with Crippen molar-refractivity contribution in [3.8, 4) is 0 Å². The molecular weight excluding hydrogens is 140 g/mol. The number of rotatable bonds is 6. The Bertz CT molecular complexity index is 71.3. The van der Waals surface area contributed by atoms with Gasteiger partial charge >= 0.3 is 0 Å². The van der Waals surface area contributed by atoms with Crippen LogP contribution in [-0.2, 0) is 4.43 Å². The molecule has 1 nitrogen and oxygen atoms in total. The van der Waals surface area contributed by atoms with E-state index in [0.717, 1.165) is 23.5 Å². The van der Waals surface area contributed by atoms with Crippen LogP contribution in [0.5, 0.6) is 0 Å². The van der Waals surface area contributed by atoms with E-state index in [1.165, 1.54) is 19.3 Å². The number of unbranched alkanes of at least 4 members (excludes halogenated alkanes) is 2. The smallest absolute Gasteiger partial charge is 0.145 e. The van der Waals surface area contributed by atoms with Gasteiger partial charge < -0.3 is 4.43 Å². The van der Waals surface area contributed by atoms with Gasteiger partial charge in [-0.05, 0) is 12.8 Å². The maximum absolute atomic E-state index is 5.04. The molecule has 0 rings (SSSR count). The van der Waals surface area contributed by atoms with Crippen LogP contribution in [-0.4, -0.2) is 17.1 Å². The predicted molar refractivity (Wildman–Crippen MR) is 49.2 cm³/mol. The Morgan fingerprint density at radius 3 is 2.60 bits per heavy atom. The van der Waals surface area contributed by atoms with Crippen LogP contribution in [0.3, 0.4) is 0 Å². The highest BCUT2D eigenvalue weighted by Crippen LogP contribution is 1.95. The predicted octanol–water partition coefficient (Wildman–Crippen LogP) is 1.42. The lowest BCUT2D eigenvalue weighted by molar-refractivity contribution is 0.357. The SMILES string of the molecule is CCCCC=CCCO[SiH3]. The van der Waals surface area contributed by atoms with Gasteiger partial charge in [0, 0.05) is 6.61 Å². The zero-order valence-corrected chi connectivity index (χ0v) is 9.10. The molecule has 0 saturated carbocycles. The molecule has 0 aromatic carbocycles. The topological polar surface area (TPSA) is 9.23 Å². The first kappa shape index (κ1) is 9.92. The first-order valence-electron chi connectivity index (χ1n) is 4.05. The molecule has 0 bridgehead atoms. The van der Waals surface area contributed by atoms with Gasteiger partial charge in [-0.2, -0.15) is 0 Å². The summed E-state index contributed by atoms with van der Waals surface area (Å²) in [5, 5.41) is 0. The first-order valence-corrected chi connectivity index (χ1v) is 4.87. The first-order chi connectivity index (χ1) is 4.91. The number of hydrogen-bond acceptors (Lipinski definition) is 1. The normalized spacial score (nSPS) is 11.3. The van der Waals surface area contributed by atoms with Crippen molar-refractivity contribution in [2.24, 2.45) is 0 Å². The van der Waals surface area contributed by atoms with Gasteiger partial charge in [-0.15, -0.1) is 0 Å². The summed E-state index contributed by atoms with van der Waals surface area (Å²) in [5.74, 6) is 0. The van der Waals surface area contributed by atoms with Gasteiger partial charge in [0.05, 0.1) is 0 Å². The summed E-state index contributed by atoms with van der Waals surface area (Å²) in [6.07, 6.45) is 9.41. The second-order valence-electron chi connectivity index (χ2n) is 2.40. The molecule has 0 aromatic heterocycles. The summed E-state index contributed by atoms with van der Waals surface area (Å²) in [6.45, 7) is 3.13. The van der Waals surface area contributed by atoms with Crippen LogP contribution < -0.4 is 0 Å². The van der Waals surface area contributed by atoms with Crippen molar-refractivity contribution in [3.63, 3.8) is 0 Å². The molecule has 0 N–H and O–H groups in total. The second-order valence-corrected chi connectivity index (χ2v) is 2.97. The molecule has 0 amide bonds. The minimum atomic E-state index is 0.875. The minimum Gasteiger partial charge on any atom is -0.428 e. The summed E-state index contributed by atoms with van der Waals surface area (Å²) >= 11 is 0.